The molecular weight excluding hydrogens is 330 g/mol. The second-order valence-electron chi connectivity index (χ2n) is 5.21. The van der Waals surface area contributed by atoms with E-state index in [1.807, 2.05) is 5.38 Å². The Kier molecular flexibility index (Phi) is 4.96. The molecule has 0 radical (unpaired) electrons. The summed E-state index contributed by atoms with van der Waals surface area (Å²) in [6, 6.07) is 12.0. The Hall–Kier alpha value is -2.60. The molecule has 3 nitrogen and oxygen atoms in total. The number of rotatable bonds is 5. The van der Waals surface area contributed by atoms with Gasteiger partial charge in [-0.15, -0.1) is 11.3 Å². The van der Waals surface area contributed by atoms with Gasteiger partial charge in [-0.1, -0.05) is 12.1 Å². The van der Waals surface area contributed by atoms with E-state index in [0.29, 0.717) is 11.6 Å². The molecule has 1 amide bonds. The van der Waals surface area contributed by atoms with Crippen LogP contribution >= 0.6 is 11.3 Å². The number of hydrogen-bond acceptors (Lipinski definition) is 3. The van der Waals surface area contributed by atoms with Crippen molar-refractivity contribution in [3.63, 3.8) is 0 Å². The lowest BCUT2D eigenvalue weighted by molar-refractivity contribution is -0.120. The molecule has 1 N–H and O–H groups in total. The molecule has 1 aromatic heterocycles. The van der Waals surface area contributed by atoms with Gasteiger partial charge in [-0.2, -0.15) is 0 Å². The minimum atomic E-state index is -0.304. The first kappa shape index (κ1) is 16.3. The fourth-order valence-corrected chi connectivity index (χ4v) is 2.95. The van der Waals surface area contributed by atoms with Crippen LogP contribution in [0.15, 0.2) is 53.9 Å². The maximum atomic E-state index is 12.9. The molecule has 2 aromatic carbocycles. The molecule has 1 heterocycles. The summed E-state index contributed by atoms with van der Waals surface area (Å²) in [4.78, 5) is 16.4. The van der Waals surface area contributed by atoms with Crippen molar-refractivity contribution in [3.8, 4) is 11.3 Å². The smallest absolute Gasteiger partial charge is 0.227 e. The topological polar surface area (TPSA) is 42.0 Å². The number of amides is 1. The van der Waals surface area contributed by atoms with Crippen LogP contribution in [0.25, 0.3) is 11.3 Å². The Bertz CT molecular complexity index is 829. The summed E-state index contributed by atoms with van der Waals surface area (Å²) in [7, 11) is 0. The fourth-order valence-electron chi connectivity index (χ4n) is 2.15. The average molecular weight is 344 g/mol. The summed E-state index contributed by atoms with van der Waals surface area (Å²) in [5, 5.41) is 5.31. The number of thiazole rings is 1. The maximum Gasteiger partial charge on any atom is 0.227 e. The lowest BCUT2D eigenvalue weighted by atomic mass is 10.2. The molecular formula is C18H14F2N2OS. The fraction of sp³-hybridized carbons (Fsp3) is 0.111. The zero-order valence-electron chi connectivity index (χ0n) is 12.6. The van der Waals surface area contributed by atoms with Crippen LogP contribution in [-0.4, -0.2) is 10.9 Å². The molecule has 0 saturated carbocycles. The largest absolute Gasteiger partial charge is 0.352 e. The van der Waals surface area contributed by atoms with Crippen LogP contribution in [0.1, 0.15) is 10.6 Å². The lowest BCUT2D eigenvalue weighted by Crippen LogP contribution is -2.24. The number of nitrogens with one attached hydrogen (secondary N) is 1. The van der Waals surface area contributed by atoms with Gasteiger partial charge in [0.1, 0.15) is 16.6 Å². The van der Waals surface area contributed by atoms with Crippen molar-refractivity contribution in [3.05, 3.63) is 76.1 Å². The molecule has 0 bridgehead atoms. The minimum absolute atomic E-state index is 0.153. The summed E-state index contributed by atoms with van der Waals surface area (Å²) in [5.41, 5.74) is 2.36. The van der Waals surface area contributed by atoms with Crippen LogP contribution < -0.4 is 5.32 Å². The lowest BCUT2D eigenvalue weighted by Gasteiger charge is -2.04. The monoisotopic (exact) mass is 344 g/mol. The third-order valence-electron chi connectivity index (χ3n) is 3.41. The van der Waals surface area contributed by atoms with Crippen molar-refractivity contribution in [2.45, 2.75) is 13.0 Å². The SMILES string of the molecule is O=C(Cc1nc(-c2ccc(F)cc2)cs1)NCc1ccc(F)cc1. The Morgan fingerprint density at radius 1 is 1.00 bits per heavy atom. The first-order valence-corrected chi connectivity index (χ1v) is 8.19. The molecule has 0 atom stereocenters. The molecule has 122 valence electrons. The van der Waals surface area contributed by atoms with Crippen molar-refractivity contribution in [1.82, 2.24) is 10.3 Å². The van der Waals surface area contributed by atoms with Crippen molar-refractivity contribution in [1.29, 1.82) is 0 Å². The molecule has 0 aliphatic heterocycles. The van der Waals surface area contributed by atoms with Gasteiger partial charge in [0, 0.05) is 17.5 Å². The molecule has 6 heteroatoms. The van der Waals surface area contributed by atoms with E-state index in [1.54, 1.807) is 24.3 Å². The summed E-state index contributed by atoms with van der Waals surface area (Å²) >= 11 is 1.39. The molecule has 0 aliphatic rings. The summed E-state index contributed by atoms with van der Waals surface area (Å²) in [6.45, 7) is 0.343. The zero-order valence-corrected chi connectivity index (χ0v) is 13.4. The highest BCUT2D eigenvalue weighted by atomic mass is 32.1. The molecule has 0 spiro atoms. The van der Waals surface area contributed by atoms with Crippen molar-refractivity contribution >= 4 is 17.2 Å². The van der Waals surface area contributed by atoms with Gasteiger partial charge in [0.2, 0.25) is 5.91 Å². The van der Waals surface area contributed by atoms with Crippen LogP contribution in [-0.2, 0) is 17.8 Å². The maximum absolute atomic E-state index is 12.9. The summed E-state index contributed by atoms with van der Waals surface area (Å²) in [6.07, 6.45) is 0.174. The molecule has 24 heavy (non-hydrogen) atoms. The Morgan fingerprint density at radius 3 is 2.29 bits per heavy atom. The van der Waals surface area contributed by atoms with Crippen molar-refractivity contribution in [2.75, 3.05) is 0 Å². The summed E-state index contributed by atoms with van der Waals surface area (Å²) < 4.78 is 25.8. The number of aromatic nitrogens is 1. The van der Waals surface area contributed by atoms with Crippen LogP contribution in [0.3, 0.4) is 0 Å². The molecule has 0 saturated heterocycles. The number of benzene rings is 2. The molecule has 0 aliphatic carbocycles. The van der Waals surface area contributed by atoms with E-state index < -0.39 is 0 Å². The number of halogens is 2. The number of hydrogen-bond donors (Lipinski definition) is 1. The van der Waals surface area contributed by atoms with Crippen LogP contribution in [0, 0.1) is 11.6 Å². The number of carbonyl (C=O) groups is 1. The Labute approximate surface area is 142 Å². The van der Waals surface area contributed by atoms with Gasteiger partial charge in [0.15, 0.2) is 0 Å². The quantitative estimate of drug-likeness (QED) is 0.761. The normalized spacial score (nSPS) is 10.6. The highest BCUT2D eigenvalue weighted by Crippen LogP contribution is 2.22. The predicted molar refractivity (Wildman–Crippen MR) is 89.5 cm³/mol. The van der Waals surface area contributed by atoms with E-state index in [2.05, 4.69) is 10.3 Å². The van der Waals surface area contributed by atoms with E-state index in [0.717, 1.165) is 16.8 Å². The third kappa shape index (κ3) is 4.23. The standard InChI is InChI=1S/C18H14F2N2OS/c19-14-5-1-12(2-6-14)10-21-17(23)9-18-22-16(11-24-18)13-3-7-15(20)8-4-13/h1-8,11H,9-10H2,(H,21,23). The molecule has 0 unspecified atom stereocenters. The van der Waals surface area contributed by atoms with Crippen LogP contribution in [0.4, 0.5) is 8.78 Å². The van der Waals surface area contributed by atoms with Gasteiger partial charge >= 0.3 is 0 Å². The van der Waals surface area contributed by atoms with E-state index in [-0.39, 0.29) is 24.0 Å². The zero-order chi connectivity index (χ0) is 16.9. The minimum Gasteiger partial charge on any atom is -0.352 e. The molecule has 0 fully saturated rings. The van der Waals surface area contributed by atoms with Gasteiger partial charge in [-0.3, -0.25) is 4.79 Å². The second-order valence-corrected chi connectivity index (χ2v) is 6.16. The van der Waals surface area contributed by atoms with Gasteiger partial charge < -0.3 is 5.32 Å². The number of nitrogens with zero attached hydrogens (tertiary/aromatic N) is 1. The van der Waals surface area contributed by atoms with E-state index >= 15 is 0 Å². The van der Waals surface area contributed by atoms with Crippen molar-refractivity contribution in [2.24, 2.45) is 0 Å². The highest BCUT2D eigenvalue weighted by Gasteiger charge is 2.09. The van der Waals surface area contributed by atoms with Crippen LogP contribution in [0.2, 0.25) is 0 Å². The Morgan fingerprint density at radius 2 is 1.62 bits per heavy atom. The third-order valence-corrected chi connectivity index (χ3v) is 4.26. The average Bonchev–Trinajstić information content (AvgIpc) is 3.03. The van der Waals surface area contributed by atoms with Crippen molar-refractivity contribution < 1.29 is 13.6 Å². The van der Waals surface area contributed by atoms with Gasteiger partial charge in [0.05, 0.1) is 12.1 Å². The highest BCUT2D eigenvalue weighted by molar-refractivity contribution is 7.10. The van der Waals surface area contributed by atoms with E-state index in [4.69, 9.17) is 0 Å². The number of carbonyl (C=O) groups excluding carboxylic acids is 1. The van der Waals surface area contributed by atoms with E-state index in [1.165, 1.54) is 35.6 Å². The second kappa shape index (κ2) is 7.31. The summed E-state index contributed by atoms with van der Waals surface area (Å²) in [5.74, 6) is -0.755. The van der Waals surface area contributed by atoms with E-state index in [9.17, 15) is 13.6 Å². The first-order valence-electron chi connectivity index (χ1n) is 7.31. The Balaban J connectivity index is 1.57. The molecule has 3 aromatic rings. The van der Waals surface area contributed by atoms with Gasteiger partial charge in [0.25, 0.3) is 0 Å². The first-order chi connectivity index (χ1) is 11.6. The predicted octanol–water partition coefficient (Wildman–Crippen LogP) is 3.95. The van der Waals surface area contributed by atoms with Crippen LogP contribution in [0.5, 0.6) is 0 Å². The molecule has 3 rings (SSSR count). The van der Waals surface area contributed by atoms with Gasteiger partial charge in [-0.25, -0.2) is 13.8 Å². The van der Waals surface area contributed by atoms with Gasteiger partial charge in [-0.05, 0) is 42.0 Å².